The van der Waals surface area contributed by atoms with E-state index in [2.05, 4.69) is 48.3 Å². The van der Waals surface area contributed by atoms with Gasteiger partial charge < -0.3 is 15.7 Å². The predicted molar refractivity (Wildman–Crippen MR) is 84.3 cm³/mol. The first-order valence-electron chi connectivity index (χ1n) is 7.60. The van der Waals surface area contributed by atoms with Gasteiger partial charge in [-0.3, -0.25) is 0 Å². The Hall–Kier alpha value is -1.36. The molecular weight excluding hydrogens is 252 g/mol. The van der Waals surface area contributed by atoms with E-state index in [0.29, 0.717) is 0 Å². The minimum absolute atomic E-state index is 0.189. The fraction of sp³-hybridized carbons (Fsp3) is 0.733. The maximum atomic E-state index is 9.07. The van der Waals surface area contributed by atoms with Crippen molar-refractivity contribution in [1.29, 1.82) is 0 Å². The number of aliphatic hydroxyl groups excluding tert-OH is 1. The summed E-state index contributed by atoms with van der Waals surface area (Å²) in [6, 6.07) is 2.19. The molecule has 1 heterocycles. The smallest absolute Gasteiger partial charge is 0.135 e. The van der Waals surface area contributed by atoms with E-state index in [-0.39, 0.29) is 18.6 Å². The third kappa shape index (κ3) is 5.33. The molecule has 0 radical (unpaired) electrons. The molecule has 0 aliphatic rings. The Bertz CT molecular complexity index is 395. The monoisotopic (exact) mass is 280 g/mol. The maximum Gasteiger partial charge on any atom is 0.135 e. The molecule has 5 heteroatoms. The zero-order chi connectivity index (χ0) is 15.0. The molecule has 0 amide bonds. The average Bonchev–Trinajstić information content (AvgIpc) is 2.44. The van der Waals surface area contributed by atoms with E-state index in [1.807, 2.05) is 6.07 Å². The van der Waals surface area contributed by atoms with E-state index in [0.717, 1.165) is 43.3 Å². The third-order valence-corrected chi connectivity index (χ3v) is 3.14. The quantitative estimate of drug-likeness (QED) is 0.648. The van der Waals surface area contributed by atoms with Gasteiger partial charge in [-0.05, 0) is 19.3 Å². The van der Waals surface area contributed by atoms with Crippen molar-refractivity contribution >= 4 is 11.6 Å². The van der Waals surface area contributed by atoms with Crippen LogP contribution in [0.1, 0.15) is 58.7 Å². The molecule has 0 saturated heterocycles. The standard InChI is InChI=1S/C15H28N4O/c1-5-8-16-13-10-14(17-12(6-2)7-9-20)19-15(18-13)11(3)4/h10-12,20H,5-9H2,1-4H3,(H2,16,17,18,19). The molecule has 1 unspecified atom stereocenters. The van der Waals surface area contributed by atoms with Crippen LogP contribution >= 0.6 is 0 Å². The maximum absolute atomic E-state index is 9.07. The van der Waals surface area contributed by atoms with Crippen molar-refractivity contribution in [3.8, 4) is 0 Å². The molecule has 114 valence electrons. The first-order chi connectivity index (χ1) is 9.60. The molecule has 0 aliphatic heterocycles. The van der Waals surface area contributed by atoms with Gasteiger partial charge in [-0.25, -0.2) is 9.97 Å². The van der Waals surface area contributed by atoms with Crippen LogP contribution in [0.4, 0.5) is 11.6 Å². The Kier molecular flexibility index (Phi) is 7.30. The summed E-state index contributed by atoms with van der Waals surface area (Å²) in [7, 11) is 0. The minimum Gasteiger partial charge on any atom is -0.396 e. The molecular formula is C15H28N4O. The van der Waals surface area contributed by atoms with Crippen molar-refractivity contribution in [1.82, 2.24) is 9.97 Å². The van der Waals surface area contributed by atoms with Crippen LogP contribution < -0.4 is 10.6 Å². The number of aliphatic hydroxyl groups is 1. The molecule has 0 spiro atoms. The molecule has 3 N–H and O–H groups in total. The zero-order valence-corrected chi connectivity index (χ0v) is 13.1. The van der Waals surface area contributed by atoms with Gasteiger partial charge in [-0.2, -0.15) is 0 Å². The minimum atomic E-state index is 0.189. The second kappa shape index (κ2) is 8.74. The summed E-state index contributed by atoms with van der Waals surface area (Å²) in [5.74, 6) is 2.83. The van der Waals surface area contributed by atoms with Crippen LogP contribution in [0.2, 0.25) is 0 Å². The summed E-state index contributed by atoms with van der Waals surface area (Å²) in [6.45, 7) is 9.51. The van der Waals surface area contributed by atoms with E-state index in [9.17, 15) is 0 Å². The van der Waals surface area contributed by atoms with Crippen LogP contribution in [0, 0.1) is 0 Å². The van der Waals surface area contributed by atoms with Gasteiger partial charge in [0, 0.05) is 31.2 Å². The molecule has 1 rings (SSSR count). The predicted octanol–water partition coefficient (Wildman–Crippen LogP) is 2.99. The third-order valence-electron chi connectivity index (χ3n) is 3.14. The van der Waals surface area contributed by atoms with Gasteiger partial charge in [-0.1, -0.05) is 27.7 Å². The van der Waals surface area contributed by atoms with Gasteiger partial charge in [0.1, 0.15) is 17.5 Å². The van der Waals surface area contributed by atoms with Gasteiger partial charge in [0.2, 0.25) is 0 Å². The zero-order valence-electron chi connectivity index (χ0n) is 13.1. The highest BCUT2D eigenvalue weighted by molar-refractivity contribution is 5.48. The van der Waals surface area contributed by atoms with Gasteiger partial charge in [0.05, 0.1) is 0 Å². The van der Waals surface area contributed by atoms with Crippen molar-refractivity contribution < 1.29 is 5.11 Å². The van der Waals surface area contributed by atoms with Gasteiger partial charge >= 0.3 is 0 Å². The number of anilines is 2. The van der Waals surface area contributed by atoms with Crippen LogP contribution in [-0.4, -0.2) is 34.3 Å². The number of aromatic nitrogens is 2. The molecule has 0 saturated carbocycles. The first-order valence-corrected chi connectivity index (χ1v) is 7.60. The summed E-state index contributed by atoms with van der Waals surface area (Å²) in [6.07, 6.45) is 2.75. The Labute approximate surface area is 122 Å². The van der Waals surface area contributed by atoms with Crippen LogP contribution in [0.3, 0.4) is 0 Å². The molecule has 0 aliphatic carbocycles. The van der Waals surface area contributed by atoms with E-state index in [1.165, 1.54) is 0 Å². The van der Waals surface area contributed by atoms with Crippen molar-refractivity contribution in [3.63, 3.8) is 0 Å². The SMILES string of the molecule is CCCNc1cc(NC(CC)CCO)nc(C(C)C)n1. The lowest BCUT2D eigenvalue weighted by Crippen LogP contribution is -2.21. The number of nitrogens with one attached hydrogen (secondary N) is 2. The number of rotatable bonds is 9. The van der Waals surface area contributed by atoms with Crippen molar-refractivity contribution in [3.05, 3.63) is 11.9 Å². The van der Waals surface area contributed by atoms with Crippen molar-refractivity contribution in [2.45, 2.75) is 58.9 Å². The summed E-state index contributed by atoms with van der Waals surface area (Å²) >= 11 is 0. The fourth-order valence-electron chi connectivity index (χ4n) is 1.88. The summed E-state index contributed by atoms with van der Waals surface area (Å²) in [5.41, 5.74) is 0. The molecule has 0 bridgehead atoms. The highest BCUT2D eigenvalue weighted by atomic mass is 16.3. The van der Waals surface area contributed by atoms with E-state index in [1.54, 1.807) is 0 Å². The lowest BCUT2D eigenvalue weighted by atomic mass is 10.1. The van der Waals surface area contributed by atoms with E-state index in [4.69, 9.17) is 5.11 Å². The van der Waals surface area contributed by atoms with Crippen LogP contribution in [-0.2, 0) is 0 Å². The Balaban J connectivity index is 2.89. The average molecular weight is 280 g/mol. The second-order valence-electron chi connectivity index (χ2n) is 5.34. The van der Waals surface area contributed by atoms with Crippen LogP contribution in [0.15, 0.2) is 6.07 Å². The van der Waals surface area contributed by atoms with Crippen molar-refractivity contribution in [2.24, 2.45) is 0 Å². The second-order valence-corrected chi connectivity index (χ2v) is 5.34. The molecule has 1 atom stereocenters. The molecule has 0 aromatic carbocycles. The van der Waals surface area contributed by atoms with Crippen molar-refractivity contribution in [2.75, 3.05) is 23.8 Å². The Morgan fingerprint density at radius 1 is 1.20 bits per heavy atom. The molecule has 20 heavy (non-hydrogen) atoms. The molecule has 1 aromatic heterocycles. The number of hydrogen-bond donors (Lipinski definition) is 3. The molecule has 5 nitrogen and oxygen atoms in total. The van der Waals surface area contributed by atoms with Gasteiger partial charge in [0.15, 0.2) is 0 Å². The normalized spacial score (nSPS) is 12.5. The summed E-state index contributed by atoms with van der Waals surface area (Å²) in [4.78, 5) is 9.11. The van der Waals surface area contributed by atoms with E-state index < -0.39 is 0 Å². The summed E-state index contributed by atoms with van der Waals surface area (Å²) in [5, 5.41) is 15.8. The largest absolute Gasteiger partial charge is 0.396 e. The number of hydrogen-bond acceptors (Lipinski definition) is 5. The van der Waals surface area contributed by atoms with Gasteiger partial charge in [0.25, 0.3) is 0 Å². The summed E-state index contributed by atoms with van der Waals surface area (Å²) < 4.78 is 0. The van der Waals surface area contributed by atoms with Crippen LogP contribution in [0.5, 0.6) is 0 Å². The Morgan fingerprint density at radius 2 is 1.90 bits per heavy atom. The van der Waals surface area contributed by atoms with Gasteiger partial charge in [-0.15, -0.1) is 0 Å². The lowest BCUT2D eigenvalue weighted by Gasteiger charge is -2.18. The fourth-order valence-corrected chi connectivity index (χ4v) is 1.88. The molecule has 1 aromatic rings. The Morgan fingerprint density at radius 3 is 2.45 bits per heavy atom. The first kappa shape index (κ1) is 16.7. The topological polar surface area (TPSA) is 70.1 Å². The lowest BCUT2D eigenvalue weighted by molar-refractivity contribution is 0.278. The highest BCUT2D eigenvalue weighted by Gasteiger charge is 2.11. The highest BCUT2D eigenvalue weighted by Crippen LogP contribution is 2.18. The van der Waals surface area contributed by atoms with Crippen LogP contribution in [0.25, 0.3) is 0 Å². The molecule has 0 fully saturated rings. The van der Waals surface area contributed by atoms with E-state index >= 15 is 0 Å². The number of nitrogens with zero attached hydrogens (tertiary/aromatic N) is 2.